The normalized spacial score (nSPS) is 11.8. The van der Waals surface area contributed by atoms with Gasteiger partial charge in [0, 0.05) is 36.7 Å². The summed E-state index contributed by atoms with van der Waals surface area (Å²) in [5.74, 6) is -0.873. The Morgan fingerprint density at radius 2 is 1.79 bits per heavy atom. The maximum Gasteiger partial charge on any atom is 0.310 e. The second kappa shape index (κ2) is 10.0. The lowest BCUT2D eigenvalue weighted by Gasteiger charge is -2.17. The van der Waals surface area contributed by atoms with Crippen molar-refractivity contribution in [1.29, 1.82) is 0 Å². The fraction of sp³-hybridized carbons (Fsp3) is 0.409. The van der Waals surface area contributed by atoms with Crippen molar-refractivity contribution in [3.05, 3.63) is 52.8 Å². The molecule has 0 fully saturated rings. The number of aryl methyl sites for hydroxylation is 1. The number of carbonyl (C=O) groups excluding carboxylic acids is 3. The number of rotatable bonds is 9. The number of methoxy groups -OCH3 is 1. The quantitative estimate of drug-likeness (QED) is 0.516. The maximum atomic E-state index is 12.6. The zero-order chi connectivity index (χ0) is 21.6. The lowest BCUT2D eigenvalue weighted by molar-refractivity contribution is -0.141. The van der Waals surface area contributed by atoms with Crippen LogP contribution in [-0.2, 0) is 25.5 Å². The number of nitrogens with zero attached hydrogens (tertiary/aromatic N) is 1. The third-order valence-corrected chi connectivity index (χ3v) is 4.62. The van der Waals surface area contributed by atoms with Crippen molar-refractivity contribution in [2.24, 2.45) is 0 Å². The number of nitrogens with one attached hydrogen (secondary N) is 1. The molecule has 0 bridgehead atoms. The van der Waals surface area contributed by atoms with E-state index in [2.05, 4.69) is 9.88 Å². The minimum Gasteiger partial charge on any atom is -0.457 e. The first kappa shape index (κ1) is 22.4. The van der Waals surface area contributed by atoms with Gasteiger partial charge in [-0.3, -0.25) is 14.4 Å². The average Bonchev–Trinajstić information content (AvgIpc) is 2.95. The first-order chi connectivity index (χ1) is 13.7. The number of benzene rings is 1. The van der Waals surface area contributed by atoms with Crippen molar-refractivity contribution in [2.45, 2.75) is 40.2 Å². The number of Topliss-reactive ketones (excluding diaryl/α,β-unsaturated/α-hetero) is 1. The van der Waals surface area contributed by atoms with Crippen LogP contribution in [0.15, 0.2) is 30.3 Å². The summed E-state index contributed by atoms with van der Waals surface area (Å²) in [6, 6.07) is 8.82. The number of anilines is 1. The SMILES string of the molecule is COC[C@@H](C)n1c(C)cc(C(=O)COC(=O)Cc2ccc(NC(C)=O)cc2)c1C. The monoisotopic (exact) mass is 400 g/mol. The van der Waals surface area contributed by atoms with E-state index in [1.165, 1.54) is 6.92 Å². The first-order valence-electron chi connectivity index (χ1n) is 9.45. The van der Waals surface area contributed by atoms with Gasteiger partial charge in [-0.2, -0.15) is 0 Å². The number of carbonyl (C=O) groups is 3. The molecule has 0 aliphatic carbocycles. The molecule has 0 saturated heterocycles. The highest BCUT2D eigenvalue weighted by atomic mass is 16.5. The van der Waals surface area contributed by atoms with E-state index < -0.39 is 5.97 Å². The number of ether oxygens (including phenoxy) is 2. The summed E-state index contributed by atoms with van der Waals surface area (Å²) >= 11 is 0. The number of ketones is 1. The molecule has 2 rings (SSSR count). The lowest BCUT2D eigenvalue weighted by atomic mass is 10.1. The van der Waals surface area contributed by atoms with E-state index >= 15 is 0 Å². The van der Waals surface area contributed by atoms with Crippen LogP contribution in [0.5, 0.6) is 0 Å². The molecule has 0 spiro atoms. The molecular formula is C22H28N2O5. The van der Waals surface area contributed by atoms with Crippen LogP contribution >= 0.6 is 0 Å². The van der Waals surface area contributed by atoms with E-state index in [-0.39, 0.29) is 30.8 Å². The highest BCUT2D eigenvalue weighted by molar-refractivity contribution is 5.99. The Bertz CT molecular complexity index is 883. The summed E-state index contributed by atoms with van der Waals surface area (Å²) in [4.78, 5) is 35.7. The highest BCUT2D eigenvalue weighted by Crippen LogP contribution is 2.21. The van der Waals surface area contributed by atoms with Crippen LogP contribution in [0.4, 0.5) is 5.69 Å². The molecule has 1 N–H and O–H groups in total. The predicted octanol–water partition coefficient (Wildman–Crippen LogP) is 3.24. The zero-order valence-corrected chi connectivity index (χ0v) is 17.6. The lowest BCUT2D eigenvalue weighted by Crippen LogP contribution is -2.17. The molecule has 29 heavy (non-hydrogen) atoms. The molecule has 0 saturated carbocycles. The number of hydrogen-bond acceptors (Lipinski definition) is 5. The third kappa shape index (κ3) is 6.02. The van der Waals surface area contributed by atoms with Gasteiger partial charge >= 0.3 is 5.97 Å². The summed E-state index contributed by atoms with van der Waals surface area (Å²) in [7, 11) is 1.64. The molecule has 7 heteroatoms. The van der Waals surface area contributed by atoms with Crippen LogP contribution < -0.4 is 5.32 Å². The van der Waals surface area contributed by atoms with E-state index in [1.807, 2.05) is 26.8 Å². The van der Waals surface area contributed by atoms with Gasteiger partial charge in [0.05, 0.1) is 19.1 Å². The minimum atomic E-state index is -0.479. The molecule has 1 aromatic heterocycles. The molecule has 1 atom stereocenters. The van der Waals surface area contributed by atoms with Crippen molar-refractivity contribution in [3.8, 4) is 0 Å². The first-order valence-corrected chi connectivity index (χ1v) is 9.45. The van der Waals surface area contributed by atoms with Gasteiger partial charge in [-0.25, -0.2) is 0 Å². The zero-order valence-electron chi connectivity index (χ0n) is 17.6. The smallest absolute Gasteiger partial charge is 0.310 e. The van der Waals surface area contributed by atoms with Crippen LogP contribution in [0.3, 0.4) is 0 Å². The van der Waals surface area contributed by atoms with E-state index in [4.69, 9.17) is 9.47 Å². The summed E-state index contributed by atoms with van der Waals surface area (Å²) in [6.07, 6.45) is 0.0531. The molecule has 1 amide bonds. The van der Waals surface area contributed by atoms with Crippen molar-refractivity contribution in [3.63, 3.8) is 0 Å². The molecule has 0 aliphatic rings. The largest absolute Gasteiger partial charge is 0.457 e. The molecular weight excluding hydrogens is 372 g/mol. The minimum absolute atomic E-state index is 0.0531. The Hall–Kier alpha value is -2.93. The number of hydrogen-bond donors (Lipinski definition) is 1. The summed E-state index contributed by atoms with van der Waals surface area (Å²) in [5.41, 5.74) is 3.74. The van der Waals surface area contributed by atoms with Gasteiger partial charge in [0.25, 0.3) is 0 Å². The standard InChI is InChI=1S/C22H28N2O5/c1-14-10-20(16(3)24(14)15(2)12-28-5)21(26)13-29-22(27)11-18-6-8-19(9-7-18)23-17(4)25/h6-10,15H,11-13H2,1-5H3,(H,23,25)/t15-/m1/s1. The molecule has 1 aromatic carbocycles. The Morgan fingerprint density at radius 1 is 1.14 bits per heavy atom. The van der Waals surface area contributed by atoms with Gasteiger partial charge in [0.1, 0.15) is 0 Å². The summed E-state index contributed by atoms with van der Waals surface area (Å²) < 4.78 is 12.4. The van der Waals surface area contributed by atoms with Crippen molar-refractivity contribution in [2.75, 3.05) is 25.6 Å². The van der Waals surface area contributed by atoms with Gasteiger partial charge in [0.2, 0.25) is 11.7 Å². The third-order valence-electron chi connectivity index (χ3n) is 4.62. The van der Waals surface area contributed by atoms with Crippen LogP contribution in [-0.4, -0.2) is 42.6 Å². The van der Waals surface area contributed by atoms with Crippen molar-refractivity contribution < 1.29 is 23.9 Å². The van der Waals surface area contributed by atoms with Crippen molar-refractivity contribution >= 4 is 23.3 Å². The molecule has 0 unspecified atom stereocenters. The molecule has 1 heterocycles. The Morgan fingerprint density at radius 3 is 2.38 bits per heavy atom. The number of esters is 1. The maximum absolute atomic E-state index is 12.6. The van der Waals surface area contributed by atoms with Gasteiger partial charge in [-0.05, 0) is 44.5 Å². The molecule has 156 valence electrons. The van der Waals surface area contributed by atoms with E-state index in [0.29, 0.717) is 17.9 Å². The average molecular weight is 400 g/mol. The number of aromatic nitrogens is 1. The Kier molecular flexibility index (Phi) is 7.73. The van der Waals surface area contributed by atoms with Crippen molar-refractivity contribution in [1.82, 2.24) is 4.57 Å². The second-order valence-corrected chi connectivity index (χ2v) is 7.10. The van der Waals surface area contributed by atoms with Gasteiger partial charge in [-0.1, -0.05) is 12.1 Å². The van der Waals surface area contributed by atoms with E-state index in [0.717, 1.165) is 17.0 Å². The predicted molar refractivity (Wildman–Crippen MR) is 110 cm³/mol. The molecule has 0 aliphatic heterocycles. The fourth-order valence-electron chi connectivity index (χ4n) is 3.40. The molecule has 2 aromatic rings. The van der Waals surface area contributed by atoms with E-state index in [9.17, 15) is 14.4 Å². The summed E-state index contributed by atoms with van der Waals surface area (Å²) in [5, 5.41) is 2.66. The van der Waals surface area contributed by atoms with Gasteiger partial charge in [0.15, 0.2) is 6.61 Å². The molecule has 7 nitrogen and oxygen atoms in total. The van der Waals surface area contributed by atoms with Gasteiger partial charge < -0.3 is 19.4 Å². The summed E-state index contributed by atoms with van der Waals surface area (Å²) in [6.45, 7) is 7.51. The number of amides is 1. The molecule has 0 radical (unpaired) electrons. The Balaban J connectivity index is 1.94. The topological polar surface area (TPSA) is 86.6 Å². The highest BCUT2D eigenvalue weighted by Gasteiger charge is 2.20. The van der Waals surface area contributed by atoms with Crippen LogP contribution in [0.2, 0.25) is 0 Å². The Labute approximate surface area is 171 Å². The second-order valence-electron chi connectivity index (χ2n) is 7.10. The van der Waals surface area contributed by atoms with Crippen LogP contribution in [0, 0.1) is 13.8 Å². The van der Waals surface area contributed by atoms with Crippen LogP contribution in [0.1, 0.15) is 47.2 Å². The van der Waals surface area contributed by atoms with Gasteiger partial charge in [-0.15, -0.1) is 0 Å². The van der Waals surface area contributed by atoms with Crippen LogP contribution in [0.25, 0.3) is 0 Å². The van der Waals surface area contributed by atoms with E-state index in [1.54, 1.807) is 31.4 Å². The fourth-order valence-corrected chi connectivity index (χ4v) is 3.40.